The van der Waals surface area contributed by atoms with Gasteiger partial charge >= 0.3 is 0 Å². The standard InChI is InChI=1S/C14H25NO2/c1-3-4-5-6-8-12(2)17-14(11-15)13-9-7-10-16-13/h7,9-10,12,14H,3-6,8,11,15H2,1-2H3. The second-order valence-electron chi connectivity index (χ2n) is 4.54. The highest BCUT2D eigenvalue weighted by Crippen LogP contribution is 2.20. The Balaban J connectivity index is 2.26. The first kappa shape index (κ1) is 14.3. The third kappa shape index (κ3) is 5.37. The molecule has 1 rings (SSSR count). The van der Waals surface area contributed by atoms with Crippen molar-refractivity contribution >= 4 is 0 Å². The lowest BCUT2D eigenvalue weighted by Gasteiger charge is -2.19. The molecule has 98 valence electrons. The monoisotopic (exact) mass is 239 g/mol. The van der Waals surface area contributed by atoms with Gasteiger partial charge in [0.1, 0.15) is 11.9 Å². The zero-order valence-corrected chi connectivity index (χ0v) is 11.0. The lowest BCUT2D eigenvalue weighted by Crippen LogP contribution is -2.20. The summed E-state index contributed by atoms with van der Waals surface area (Å²) >= 11 is 0. The van der Waals surface area contributed by atoms with Crippen LogP contribution in [0.3, 0.4) is 0 Å². The molecule has 0 fully saturated rings. The van der Waals surface area contributed by atoms with E-state index < -0.39 is 0 Å². The summed E-state index contributed by atoms with van der Waals surface area (Å²) in [4.78, 5) is 0. The van der Waals surface area contributed by atoms with Crippen LogP contribution in [-0.4, -0.2) is 12.6 Å². The van der Waals surface area contributed by atoms with Crippen molar-refractivity contribution in [1.29, 1.82) is 0 Å². The molecule has 0 aliphatic heterocycles. The fourth-order valence-corrected chi connectivity index (χ4v) is 1.92. The maximum atomic E-state index is 5.91. The molecule has 17 heavy (non-hydrogen) atoms. The Morgan fingerprint density at radius 1 is 1.35 bits per heavy atom. The molecule has 3 heteroatoms. The molecule has 3 nitrogen and oxygen atoms in total. The molecular weight excluding hydrogens is 214 g/mol. The highest BCUT2D eigenvalue weighted by atomic mass is 16.5. The van der Waals surface area contributed by atoms with Gasteiger partial charge in [0.15, 0.2) is 0 Å². The van der Waals surface area contributed by atoms with Gasteiger partial charge in [-0.1, -0.05) is 32.6 Å². The van der Waals surface area contributed by atoms with Crippen molar-refractivity contribution in [2.45, 2.75) is 58.2 Å². The topological polar surface area (TPSA) is 48.4 Å². The molecule has 1 aromatic heterocycles. The van der Waals surface area contributed by atoms with Crippen LogP contribution in [0.1, 0.15) is 57.8 Å². The number of furan rings is 1. The molecule has 1 aromatic rings. The Morgan fingerprint density at radius 2 is 2.18 bits per heavy atom. The summed E-state index contributed by atoms with van der Waals surface area (Å²) in [5.41, 5.74) is 5.70. The number of unbranched alkanes of at least 4 members (excludes halogenated alkanes) is 3. The van der Waals surface area contributed by atoms with Gasteiger partial charge in [-0.2, -0.15) is 0 Å². The molecule has 0 bridgehead atoms. The number of hydrogen-bond donors (Lipinski definition) is 1. The Labute approximate surface area is 104 Å². The first-order chi connectivity index (χ1) is 8.27. The average molecular weight is 239 g/mol. The van der Waals surface area contributed by atoms with Crippen LogP contribution in [-0.2, 0) is 4.74 Å². The van der Waals surface area contributed by atoms with Gasteiger partial charge in [-0.25, -0.2) is 0 Å². The summed E-state index contributed by atoms with van der Waals surface area (Å²) in [6.45, 7) is 4.80. The molecule has 0 spiro atoms. The van der Waals surface area contributed by atoms with E-state index in [4.69, 9.17) is 14.9 Å². The van der Waals surface area contributed by atoms with Gasteiger partial charge in [-0.3, -0.25) is 0 Å². The number of rotatable bonds is 9. The fraction of sp³-hybridized carbons (Fsp3) is 0.714. The van der Waals surface area contributed by atoms with Crippen molar-refractivity contribution in [3.63, 3.8) is 0 Å². The lowest BCUT2D eigenvalue weighted by atomic mass is 10.1. The van der Waals surface area contributed by atoms with Crippen LogP contribution in [0.15, 0.2) is 22.8 Å². The van der Waals surface area contributed by atoms with E-state index >= 15 is 0 Å². The fourth-order valence-electron chi connectivity index (χ4n) is 1.92. The van der Waals surface area contributed by atoms with Crippen molar-refractivity contribution in [2.24, 2.45) is 5.73 Å². The summed E-state index contributed by atoms with van der Waals surface area (Å²) in [6.07, 6.45) is 7.99. The molecular formula is C14H25NO2. The predicted molar refractivity (Wildman–Crippen MR) is 69.8 cm³/mol. The normalized spacial score (nSPS) is 14.8. The lowest BCUT2D eigenvalue weighted by molar-refractivity contribution is -0.0145. The molecule has 2 N–H and O–H groups in total. The SMILES string of the molecule is CCCCCCC(C)OC(CN)c1ccco1. The minimum absolute atomic E-state index is 0.105. The number of nitrogens with two attached hydrogens (primary N) is 1. The first-order valence-electron chi connectivity index (χ1n) is 6.66. The van der Waals surface area contributed by atoms with Crippen LogP contribution < -0.4 is 5.73 Å². The van der Waals surface area contributed by atoms with Gasteiger partial charge in [-0.05, 0) is 25.5 Å². The third-order valence-electron chi connectivity index (χ3n) is 2.94. The maximum Gasteiger partial charge on any atom is 0.133 e. The van der Waals surface area contributed by atoms with Gasteiger partial charge in [0.2, 0.25) is 0 Å². The van der Waals surface area contributed by atoms with Crippen molar-refractivity contribution in [1.82, 2.24) is 0 Å². The van der Waals surface area contributed by atoms with E-state index in [1.807, 2.05) is 12.1 Å². The van der Waals surface area contributed by atoms with E-state index in [2.05, 4.69) is 13.8 Å². The quantitative estimate of drug-likeness (QED) is 0.669. The van der Waals surface area contributed by atoms with Gasteiger partial charge in [0, 0.05) is 6.54 Å². The molecule has 2 unspecified atom stereocenters. The van der Waals surface area contributed by atoms with Gasteiger partial charge in [-0.15, -0.1) is 0 Å². The first-order valence-corrected chi connectivity index (χ1v) is 6.66. The van der Waals surface area contributed by atoms with Crippen LogP contribution in [0.5, 0.6) is 0 Å². The molecule has 1 heterocycles. The van der Waals surface area contributed by atoms with Gasteiger partial charge in [0.05, 0.1) is 12.4 Å². The van der Waals surface area contributed by atoms with E-state index in [0.717, 1.165) is 12.2 Å². The third-order valence-corrected chi connectivity index (χ3v) is 2.94. The molecule has 0 saturated heterocycles. The van der Waals surface area contributed by atoms with Crippen molar-refractivity contribution < 1.29 is 9.15 Å². The van der Waals surface area contributed by atoms with Crippen LogP contribution >= 0.6 is 0 Å². The van der Waals surface area contributed by atoms with Crippen LogP contribution in [0, 0.1) is 0 Å². The summed E-state index contributed by atoms with van der Waals surface area (Å²) < 4.78 is 11.2. The summed E-state index contributed by atoms with van der Waals surface area (Å²) in [6, 6.07) is 3.79. The zero-order valence-electron chi connectivity index (χ0n) is 11.0. The largest absolute Gasteiger partial charge is 0.467 e. The smallest absolute Gasteiger partial charge is 0.133 e. The van der Waals surface area contributed by atoms with E-state index in [1.54, 1.807) is 6.26 Å². The number of ether oxygens (including phenoxy) is 1. The Kier molecular flexibility index (Phi) is 6.97. The Bertz CT molecular complexity index is 272. The minimum atomic E-state index is -0.105. The second-order valence-corrected chi connectivity index (χ2v) is 4.54. The average Bonchev–Trinajstić information content (AvgIpc) is 2.85. The van der Waals surface area contributed by atoms with E-state index in [-0.39, 0.29) is 12.2 Å². The van der Waals surface area contributed by atoms with Crippen molar-refractivity contribution in [3.05, 3.63) is 24.2 Å². The summed E-state index contributed by atoms with van der Waals surface area (Å²) in [5.74, 6) is 0.827. The molecule has 0 aliphatic carbocycles. The van der Waals surface area contributed by atoms with Crippen LogP contribution in [0.2, 0.25) is 0 Å². The molecule has 0 radical (unpaired) electrons. The minimum Gasteiger partial charge on any atom is -0.467 e. The Morgan fingerprint density at radius 3 is 2.76 bits per heavy atom. The second kappa shape index (κ2) is 8.31. The molecule has 0 aromatic carbocycles. The number of hydrogen-bond acceptors (Lipinski definition) is 3. The van der Waals surface area contributed by atoms with E-state index in [1.165, 1.54) is 25.7 Å². The molecule has 0 aliphatic rings. The highest BCUT2D eigenvalue weighted by molar-refractivity contribution is 5.02. The van der Waals surface area contributed by atoms with Crippen molar-refractivity contribution in [2.75, 3.05) is 6.54 Å². The summed E-state index contributed by atoms with van der Waals surface area (Å²) in [5, 5.41) is 0. The van der Waals surface area contributed by atoms with E-state index in [0.29, 0.717) is 6.54 Å². The van der Waals surface area contributed by atoms with Gasteiger partial charge < -0.3 is 14.9 Å². The highest BCUT2D eigenvalue weighted by Gasteiger charge is 2.16. The molecule has 0 amide bonds. The van der Waals surface area contributed by atoms with Crippen molar-refractivity contribution in [3.8, 4) is 0 Å². The summed E-state index contributed by atoms with van der Waals surface area (Å²) in [7, 11) is 0. The zero-order chi connectivity index (χ0) is 12.5. The predicted octanol–water partition coefficient (Wildman–Crippen LogP) is 3.65. The maximum absolute atomic E-state index is 5.91. The van der Waals surface area contributed by atoms with Gasteiger partial charge in [0.25, 0.3) is 0 Å². The molecule has 2 atom stereocenters. The molecule has 0 saturated carbocycles. The van der Waals surface area contributed by atoms with Crippen LogP contribution in [0.4, 0.5) is 0 Å². The Hall–Kier alpha value is -0.800. The van der Waals surface area contributed by atoms with E-state index in [9.17, 15) is 0 Å². The van der Waals surface area contributed by atoms with Crippen LogP contribution in [0.25, 0.3) is 0 Å².